The van der Waals surface area contributed by atoms with Crippen LogP contribution in [0, 0.1) is 21.7 Å². The second-order valence-electron chi connectivity index (χ2n) is 30.8. The van der Waals surface area contributed by atoms with Gasteiger partial charge < -0.3 is 102 Å². The quantitative estimate of drug-likeness (QED) is 0.0246. The number of nitrogens with two attached hydrogens (primary N) is 2. The number of nitrogens with one attached hydrogen (secondary N) is 4. The minimum Gasteiger partial charge on any atom is -0.386 e. The summed E-state index contributed by atoms with van der Waals surface area (Å²) in [7, 11) is -33.2. The monoisotopic (exact) mass is 1790 g/mol. The topological polar surface area (TPSA) is 727 Å². The lowest BCUT2D eigenvalue weighted by Crippen LogP contribution is -2.46. The maximum atomic E-state index is 13.1. The van der Waals surface area contributed by atoms with E-state index >= 15 is 0 Å². The number of Topliss-reactive ketones (excluding diaryl/α,β-unsaturated/α-hetero) is 2. The molecule has 3 aliphatic rings. The van der Waals surface area contributed by atoms with Crippen LogP contribution >= 0.6 is 46.9 Å². The zero-order valence-electron chi connectivity index (χ0n) is 64.7. The fraction of sp³-hybridized carbons (Fsp3) is 0.656. The van der Waals surface area contributed by atoms with Gasteiger partial charge in [-0.15, -0.1) is 0 Å². The molecule has 1 aliphatic carbocycles. The Morgan fingerprint density at radius 2 is 0.958 bits per heavy atom. The van der Waals surface area contributed by atoms with Crippen LogP contribution in [0.3, 0.4) is 0 Å². The Labute approximate surface area is 673 Å². The highest BCUT2D eigenvalue weighted by atomic mass is 31.3. The van der Waals surface area contributed by atoms with Crippen molar-refractivity contribution in [3.05, 3.63) is 60.7 Å². The minimum absolute atomic E-state index is 0.00360. The molecule has 0 bridgehead atoms. The molecule has 54 heteroatoms. The first kappa shape index (κ1) is 97.1. The van der Waals surface area contributed by atoms with Gasteiger partial charge >= 0.3 is 46.9 Å². The number of amides is 4. The number of imidazole rings is 2. The molecule has 1 aromatic carbocycles. The lowest BCUT2D eigenvalue weighted by Gasteiger charge is -2.30. The van der Waals surface area contributed by atoms with E-state index in [4.69, 9.17) is 39.0 Å². The van der Waals surface area contributed by atoms with Gasteiger partial charge in [0.1, 0.15) is 84.1 Å². The standard InChI is InChI=1S/C64H100N14O34P6/c1-61(2,27-39(79)14-22-67-43(81)16-24-69-57(87)51(85)62(3,4)31-105-117(99,100)111-115(95,96)103-29-41-49(109-113(89,90)91)47(83)59(107-41)77-35-75-45-53(65)71-33-73-55(45)77)18-8-12-37-10-7-11-38(26-37)13-9-19-64(20-21-64)28-40(80)15-23-68-44(82)17-25-70-58(88)52(86)63(5,6)32-106-118(101,102)112-116(97,98)104-30-42-50(110-114(92,93)94)48(84)60(108-42)78-36-76-46-54(66)72-34-74-56(46)78/h7,10-11,26,33-36,41-42,47-52,59-60,83-86H,8-9,12-25,27-32H2,1-6H3,(H,67,81)(H,68,82)(H,69,87)(H,70,88)(H,95,96)(H,97,98)(H,99,100)(H,101,102)(H2,65,71,73)(H2,66,72,74)(H2,89,90,91)(H2,92,93,94). The molecule has 4 amide bonds. The Balaban J connectivity index is 0.641. The Hall–Kier alpha value is -6.36. The summed E-state index contributed by atoms with van der Waals surface area (Å²) < 4.78 is 126. The predicted octanol–water partition coefficient (Wildman–Crippen LogP) is 1.67. The number of hydrogen-bond donors (Lipinski definition) is 18. The van der Waals surface area contributed by atoms with Gasteiger partial charge in [0.15, 0.2) is 35.4 Å². The molecule has 2 saturated heterocycles. The molecule has 660 valence electrons. The summed E-state index contributed by atoms with van der Waals surface area (Å²) >= 11 is 0. The smallest absolute Gasteiger partial charge is 0.386 e. The molecule has 4 aromatic heterocycles. The first-order valence-corrected chi connectivity index (χ1v) is 45.7. The van der Waals surface area contributed by atoms with E-state index in [0.29, 0.717) is 6.42 Å². The second kappa shape index (κ2) is 40.3. The summed E-state index contributed by atoms with van der Waals surface area (Å²) in [4.78, 5) is 180. The number of carbonyl (C=O) groups excluding carboxylic acids is 6. The van der Waals surface area contributed by atoms with Crippen molar-refractivity contribution in [3.8, 4) is 0 Å². The molecule has 5 aromatic rings. The molecule has 8 rings (SSSR count). The number of ketones is 2. The molecule has 0 spiro atoms. The number of benzene rings is 1. The van der Waals surface area contributed by atoms with Crippen molar-refractivity contribution in [2.24, 2.45) is 21.7 Å². The third-order valence-electron chi connectivity index (χ3n) is 19.3. The Bertz CT molecular complexity index is 4410. The Morgan fingerprint density at radius 3 is 1.37 bits per heavy atom. The molecule has 3 fully saturated rings. The predicted molar refractivity (Wildman–Crippen MR) is 406 cm³/mol. The van der Waals surface area contributed by atoms with Crippen LogP contribution in [-0.2, 0) is 114 Å². The van der Waals surface area contributed by atoms with Crippen molar-refractivity contribution in [2.75, 3.05) is 64.1 Å². The Morgan fingerprint density at radius 1 is 0.559 bits per heavy atom. The second-order valence-corrected chi connectivity index (χ2v) is 39.2. The molecule has 14 atom stereocenters. The number of anilines is 2. The zero-order valence-corrected chi connectivity index (χ0v) is 70.1. The van der Waals surface area contributed by atoms with Crippen LogP contribution in [0.25, 0.3) is 22.3 Å². The van der Waals surface area contributed by atoms with E-state index in [0.717, 1.165) is 96.9 Å². The summed E-state index contributed by atoms with van der Waals surface area (Å²) in [5.41, 5.74) is 10.1. The minimum atomic E-state index is -5.65. The van der Waals surface area contributed by atoms with E-state index in [1.807, 2.05) is 32.0 Å². The summed E-state index contributed by atoms with van der Waals surface area (Å²) in [6, 6.07) is 8.23. The maximum absolute atomic E-state index is 13.1. The fourth-order valence-electron chi connectivity index (χ4n) is 12.9. The SMILES string of the molecule is CC(C)(CCCc1cccc(CCCC2(CC(=O)CCNC(=O)CCNC(=O)C(O)C(C)(C)COP(=O)(O)OP(=O)(O)OCC3OC(n4cnc5c(N)ncnc54)C(O)C3OP(=O)(O)O)CC2)c1)CC(=O)CCNC(=O)CCNC(=O)C(O)C(C)(C)COP(=O)(O)OP(=O)(O)OCC1OC(n2cnc3c(N)ncnc32)C(O)C1OP(=O)(O)O. The maximum Gasteiger partial charge on any atom is 0.481 e. The number of rotatable bonds is 50. The van der Waals surface area contributed by atoms with E-state index in [1.54, 1.807) is 0 Å². The molecule has 2 aliphatic heterocycles. The van der Waals surface area contributed by atoms with Gasteiger partial charge in [0.2, 0.25) is 23.6 Å². The van der Waals surface area contributed by atoms with Crippen molar-refractivity contribution in [1.82, 2.24) is 60.3 Å². The average Bonchev–Trinajstić information content (AvgIpc) is 1.61. The molecule has 6 heterocycles. The number of nitrogen functional groups attached to an aromatic ring is 2. The molecule has 48 nitrogen and oxygen atoms in total. The van der Waals surface area contributed by atoms with Crippen LogP contribution in [0.5, 0.6) is 0 Å². The van der Waals surface area contributed by atoms with Crippen molar-refractivity contribution in [3.63, 3.8) is 0 Å². The Kier molecular flexibility index (Phi) is 33.2. The first-order valence-electron chi connectivity index (χ1n) is 36.7. The molecular formula is C64H100N14O34P6. The largest absolute Gasteiger partial charge is 0.481 e. The van der Waals surface area contributed by atoms with Gasteiger partial charge in [-0.2, -0.15) is 8.62 Å². The van der Waals surface area contributed by atoms with Gasteiger partial charge in [-0.25, -0.2) is 57.3 Å². The number of phosphoric acid groups is 6. The molecule has 1 saturated carbocycles. The lowest BCUT2D eigenvalue weighted by atomic mass is 9.81. The molecule has 20 N–H and O–H groups in total. The number of aromatic nitrogens is 8. The van der Waals surface area contributed by atoms with E-state index in [2.05, 4.69) is 74.9 Å². The zero-order chi connectivity index (χ0) is 87.4. The number of carbonyl (C=O) groups is 6. The molecule has 0 radical (unpaired) electrons. The molecule has 14 unspecified atom stereocenters. The van der Waals surface area contributed by atoms with Crippen LogP contribution < -0.4 is 32.7 Å². The highest BCUT2D eigenvalue weighted by Gasteiger charge is 2.53. The third-order valence-corrected chi connectivity index (χ3v) is 25.5. The molecular weight excluding hydrogens is 1690 g/mol. The first-order chi connectivity index (χ1) is 54.8. The summed E-state index contributed by atoms with van der Waals surface area (Å²) in [6.45, 7) is 4.16. The summed E-state index contributed by atoms with van der Waals surface area (Å²) in [6.07, 6.45) is -7.32. The van der Waals surface area contributed by atoms with E-state index in [1.165, 1.54) is 27.7 Å². The third kappa shape index (κ3) is 29.2. The van der Waals surface area contributed by atoms with Gasteiger partial charge in [-0.3, -0.25) is 65.0 Å². The van der Waals surface area contributed by atoms with E-state index in [9.17, 15) is 116 Å². The number of phosphoric ester groups is 6. The van der Waals surface area contributed by atoms with Crippen LogP contribution in [-0.4, -0.2) is 235 Å². The summed E-state index contributed by atoms with van der Waals surface area (Å²) in [5, 5.41) is 53.6. The number of fused-ring (bicyclic) bond motifs is 2. The van der Waals surface area contributed by atoms with E-state index < -0.39 is 169 Å². The van der Waals surface area contributed by atoms with Gasteiger partial charge in [0, 0.05) is 75.5 Å². The van der Waals surface area contributed by atoms with Crippen LogP contribution in [0.15, 0.2) is 49.6 Å². The van der Waals surface area contributed by atoms with Crippen LogP contribution in [0.1, 0.15) is 142 Å². The van der Waals surface area contributed by atoms with Crippen LogP contribution in [0.4, 0.5) is 11.6 Å². The lowest BCUT2D eigenvalue weighted by molar-refractivity contribution is -0.137. The van der Waals surface area contributed by atoms with Crippen molar-refractivity contribution < 1.29 is 161 Å². The van der Waals surface area contributed by atoms with Crippen LogP contribution in [0.2, 0.25) is 0 Å². The van der Waals surface area contributed by atoms with Crippen molar-refractivity contribution in [1.29, 1.82) is 0 Å². The van der Waals surface area contributed by atoms with Crippen molar-refractivity contribution in [2.45, 2.75) is 193 Å². The van der Waals surface area contributed by atoms with Gasteiger partial charge in [0.05, 0.1) is 39.1 Å². The van der Waals surface area contributed by atoms with Crippen molar-refractivity contribution >= 4 is 116 Å². The number of ether oxygens (including phenoxy) is 2. The average molecular weight is 1800 g/mol. The number of nitrogens with zero attached hydrogens (tertiary/aromatic N) is 8. The van der Waals surface area contributed by atoms with Gasteiger partial charge in [-0.05, 0) is 73.3 Å². The molecule has 118 heavy (non-hydrogen) atoms. The highest BCUT2D eigenvalue weighted by molar-refractivity contribution is 7.61. The normalized spacial score (nSPS) is 22.4. The van der Waals surface area contributed by atoms with E-state index in [-0.39, 0.29) is 115 Å². The van der Waals surface area contributed by atoms with Gasteiger partial charge in [0.25, 0.3) is 0 Å². The number of aryl methyl sites for hydroxylation is 2. The number of aliphatic hydroxyl groups excluding tert-OH is 4. The fourth-order valence-corrected chi connectivity index (χ4v) is 18.5. The van der Waals surface area contributed by atoms with Gasteiger partial charge in [-0.1, -0.05) is 65.8 Å². The number of hydrogen-bond acceptors (Lipinski definition) is 34. The summed E-state index contributed by atoms with van der Waals surface area (Å²) in [5.74, 6) is -3.33. The highest BCUT2D eigenvalue weighted by Crippen LogP contribution is 2.63. The number of aliphatic hydroxyl groups is 4.